The van der Waals surface area contributed by atoms with Gasteiger partial charge >= 0.3 is 0 Å². The van der Waals surface area contributed by atoms with Crippen LogP contribution in [0.15, 0.2) is 83.8 Å². The molecule has 29 heavy (non-hydrogen) atoms. The second-order valence-corrected chi connectivity index (χ2v) is 8.99. The third-order valence-electron chi connectivity index (χ3n) is 5.09. The summed E-state index contributed by atoms with van der Waals surface area (Å²) in [6.45, 7) is 2.28. The van der Waals surface area contributed by atoms with Gasteiger partial charge in [-0.3, -0.25) is 9.10 Å². The smallest absolute Gasteiger partial charge is 0.264 e. The highest BCUT2D eigenvalue weighted by Gasteiger charge is 2.36. The van der Waals surface area contributed by atoms with Crippen molar-refractivity contribution in [3.63, 3.8) is 0 Å². The van der Waals surface area contributed by atoms with Crippen molar-refractivity contribution in [1.82, 2.24) is 5.32 Å². The first-order valence-corrected chi connectivity index (χ1v) is 11.0. The molecule has 0 unspecified atom stereocenters. The Morgan fingerprint density at radius 1 is 1.00 bits per heavy atom. The Morgan fingerprint density at radius 2 is 1.72 bits per heavy atom. The monoisotopic (exact) mass is 406 g/mol. The van der Waals surface area contributed by atoms with E-state index >= 15 is 0 Å². The first kappa shape index (κ1) is 19.2. The van der Waals surface area contributed by atoms with Gasteiger partial charge in [-0.05, 0) is 48.7 Å². The van der Waals surface area contributed by atoms with Gasteiger partial charge in [-0.25, -0.2) is 8.42 Å². The second kappa shape index (κ2) is 7.72. The number of hydrogen-bond donors (Lipinski definition) is 1. The summed E-state index contributed by atoms with van der Waals surface area (Å²) in [7, 11) is -3.77. The molecule has 0 aliphatic carbocycles. The molecular weight excluding hydrogens is 384 g/mol. The van der Waals surface area contributed by atoms with Gasteiger partial charge in [0.25, 0.3) is 15.9 Å². The lowest BCUT2D eigenvalue weighted by atomic mass is 10.1. The topological polar surface area (TPSA) is 66.5 Å². The molecule has 3 aromatic rings. The van der Waals surface area contributed by atoms with E-state index in [9.17, 15) is 13.2 Å². The first-order valence-electron chi connectivity index (χ1n) is 9.51. The maximum Gasteiger partial charge on any atom is 0.264 e. The maximum absolute atomic E-state index is 13.4. The molecule has 1 atom stereocenters. The minimum absolute atomic E-state index is 0.119. The molecule has 1 aliphatic heterocycles. The lowest BCUT2D eigenvalue weighted by Gasteiger charge is -2.24. The Balaban J connectivity index is 1.59. The van der Waals surface area contributed by atoms with E-state index in [-0.39, 0.29) is 16.8 Å². The van der Waals surface area contributed by atoms with Gasteiger partial charge in [0.1, 0.15) is 0 Å². The van der Waals surface area contributed by atoms with Gasteiger partial charge in [-0.15, -0.1) is 0 Å². The third-order valence-corrected chi connectivity index (χ3v) is 7.02. The van der Waals surface area contributed by atoms with Gasteiger partial charge in [-0.1, -0.05) is 54.6 Å². The van der Waals surface area contributed by atoms with Crippen LogP contribution in [-0.4, -0.2) is 20.4 Å². The van der Waals surface area contributed by atoms with Crippen LogP contribution in [0.1, 0.15) is 28.4 Å². The number of fused-ring (bicyclic) bond motifs is 1. The SMILES string of the molecule is C[C@H]1Cc2ccccc2N1S(=O)(=O)c1cccc(C(=O)NCc2ccccc2)c1. The number of para-hydroxylation sites is 1. The highest BCUT2D eigenvalue weighted by molar-refractivity contribution is 7.92. The van der Waals surface area contributed by atoms with Crippen molar-refractivity contribution in [2.45, 2.75) is 30.8 Å². The van der Waals surface area contributed by atoms with Gasteiger partial charge in [0.05, 0.1) is 10.6 Å². The van der Waals surface area contributed by atoms with Gasteiger partial charge in [0.15, 0.2) is 0 Å². The molecule has 3 aromatic carbocycles. The summed E-state index contributed by atoms with van der Waals surface area (Å²) in [5, 5.41) is 2.84. The number of rotatable bonds is 5. The van der Waals surface area contributed by atoms with E-state index in [0.29, 0.717) is 24.2 Å². The predicted molar refractivity (Wildman–Crippen MR) is 113 cm³/mol. The van der Waals surface area contributed by atoms with Crippen molar-refractivity contribution < 1.29 is 13.2 Å². The predicted octanol–water partition coefficient (Wildman–Crippen LogP) is 3.76. The number of amides is 1. The van der Waals surface area contributed by atoms with Crippen LogP contribution in [0.3, 0.4) is 0 Å². The third kappa shape index (κ3) is 3.76. The van der Waals surface area contributed by atoms with Crippen molar-refractivity contribution in [3.8, 4) is 0 Å². The van der Waals surface area contributed by atoms with Gasteiger partial charge in [0.2, 0.25) is 0 Å². The summed E-state index contributed by atoms with van der Waals surface area (Å²) < 4.78 is 28.2. The van der Waals surface area contributed by atoms with Crippen molar-refractivity contribution >= 4 is 21.6 Å². The fourth-order valence-electron chi connectivity index (χ4n) is 3.70. The number of nitrogens with one attached hydrogen (secondary N) is 1. The van der Waals surface area contributed by atoms with Crippen LogP contribution in [0.2, 0.25) is 0 Å². The normalized spacial score (nSPS) is 15.8. The Kier molecular flexibility index (Phi) is 5.11. The van der Waals surface area contributed by atoms with E-state index in [2.05, 4.69) is 5.32 Å². The average Bonchev–Trinajstić information content (AvgIpc) is 3.09. The molecule has 0 aromatic heterocycles. The van der Waals surface area contributed by atoms with Crippen molar-refractivity contribution in [1.29, 1.82) is 0 Å². The van der Waals surface area contributed by atoms with Crippen molar-refractivity contribution in [3.05, 3.63) is 95.6 Å². The quantitative estimate of drug-likeness (QED) is 0.702. The van der Waals surface area contributed by atoms with E-state index in [1.807, 2.05) is 61.5 Å². The average molecular weight is 407 g/mol. The number of nitrogens with zero attached hydrogens (tertiary/aromatic N) is 1. The zero-order chi connectivity index (χ0) is 20.4. The Bertz CT molecular complexity index is 1140. The number of carbonyl (C=O) groups excluding carboxylic acids is 1. The van der Waals surface area contributed by atoms with Gasteiger partial charge < -0.3 is 5.32 Å². The molecule has 1 N–H and O–H groups in total. The molecule has 0 fully saturated rings. The molecule has 5 nitrogen and oxygen atoms in total. The van der Waals surface area contributed by atoms with E-state index in [1.165, 1.54) is 16.4 Å². The molecule has 1 heterocycles. The molecule has 4 rings (SSSR count). The highest BCUT2D eigenvalue weighted by Crippen LogP contribution is 2.36. The minimum atomic E-state index is -3.77. The molecule has 6 heteroatoms. The van der Waals surface area contributed by atoms with Crippen LogP contribution in [0, 0.1) is 0 Å². The molecule has 0 bridgehead atoms. The summed E-state index contributed by atoms with van der Waals surface area (Å²) in [5.74, 6) is -0.305. The van der Waals surface area contributed by atoms with E-state index in [1.54, 1.807) is 12.1 Å². The Hall–Kier alpha value is -3.12. The Morgan fingerprint density at radius 3 is 2.52 bits per heavy atom. The molecule has 1 amide bonds. The number of hydrogen-bond acceptors (Lipinski definition) is 3. The van der Waals surface area contributed by atoms with Crippen molar-refractivity contribution in [2.24, 2.45) is 0 Å². The van der Waals surface area contributed by atoms with E-state index in [4.69, 9.17) is 0 Å². The number of benzene rings is 3. The molecule has 0 saturated heterocycles. The van der Waals surface area contributed by atoms with Gasteiger partial charge in [-0.2, -0.15) is 0 Å². The van der Waals surface area contributed by atoms with Crippen LogP contribution < -0.4 is 9.62 Å². The number of sulfonamides is 1. The number of carbonyl (C=O) groups is 1. The summed E-state index contributed by atoms with van der Waals surface area (Å²) >= 11 is 0. The van der Waals surface area contributed by atoms with Crippen molar-refractivity contribution in [2.75, 3.05) is 4.31 Å². The summed E-state index contributed by atoms with van der Waals surface area (Å²) in [6.07, 6.45) is 0.673. The largest absolute Gasteiger partial charge is 0.348 e. The number of anilines is 1. The standard InChI is InChI=1S/C23H22N2O3S/c1-17-14-19-10-5-6-13-22(19)25(17)29(27,28)21-12-7-11-20(15-21)23(26)24-16-18-8-3-2-4-9-18/h2-13,15,17H,14,16H2,1H3,(H,24,26)/t17-/m0/s1. The van der Waals surface area contributed by atoms with Crippen LogP contribution in [0.4, 0.5) is 5.69 Å². The van der Waals surface area contributed by atoms with E-state index < -0.39 is 10.0 Å². The molecule has 0 radical (unpaired) electrons. The second-order valence-electron chi connectivity index (χ2n) is 7.18. The molecular formula is C23H22N2O3S. The molecule has 1 aliphatic rings. The summed E-state index contributed by atoms with van der Waals surface area (Å²) in [4.78, 5) is 12.7. The Labute approximate surface area is 171 Å². The molecule has 0 saturated carbocycles. The van der Waals surface area contributed by atoms with Crippen LogP contribution in [0.5, 0.6) is 0 Å². The van der Waals surface area contributed by atoms with Crippen LogP contribution in [0.25, 0.3) is 0 Å². The summed E-state index contributed by atoms with van der Waals surface area (Å²) in [5.41, 5.74) is 3.02. The zero-order valence-electron chi connectivity index (χ0n) is 16.1. The van der Waals surface area contributed by atoms with E-state index in [0.717, 1.165) is 11.1 Å². The maximum atomic E-state index is 13.4. The fourth-order valence-corrected chi connectivity index (χ4v) is 5.43. The van der Waals surface area contributed by atoms with Crippen LogP contribution >= 0.6 is 0 Å². The highest BCUT2D eigenvalue weighted by atomic mass is 32.2. The minimum Gasteiger partial charge on any atom is -0.348 e. The summed E-state index contributed by atoms with van der Waals surface area (Å²) in [6, 6.07) is 23.2. The lowest BCUT2D eigenvalue weighted by molar-refractivity contribution is 0.0950. The molecule has 0 spiro atoms. The zero-order valence-corrected chi connectivity index (χ0v) is 16.9. The fraction of sp³-hybridized carbons (Fsp3) is 0.174. The van der Waals surface area contributed by atoms with Crippen LogP contribution in [-0.2, 0) is 23.0 Å². The lowest BCUT2D eigenvalue weighted by Crippen LogP contribution is -2.35. The first-order chi connectivity index (χ1) is 14.0. The molecule has 148 valence electrons. The van der Waals surface area contributed by atoms with Gasteiger partial charge in [0, 0.05) is 18.2 Å².